The Morgan fingerprint density at radius 3 is 2.39 bits per heavy atom. The Hall–Kier alpha value is -3.21. The van der Waals surface area contributed by atoms with Crippen LogP contribution in [0.2, 0.25) is 0 Å². The number of fused-ring (bicyclic) bond motifs is 3. The van der Waals surface area contributed by atoms with E-state index in [9.17, 15) is 34.8 Å². The number of aromatic hydroxyl groups is 1. The molecular formula is C23H26N2O8. The van der Waals surface area contributed by atoms with Gasteiger partial charge in [-0.2, -0.15) is 0 Å². The summed E-state index contributed by atoms with van der Waals surface area (Å²) in [5.41, 5.74) is 0.667. The number of ketones is 2. The van der Waals surface area contributed by atoms with Crippen molar-refractivity contribution in [3.63, 3.8) is 0 Å². The number of carbonyl (C=O) groups is 3. The molecule has 0 heterocycles. The smallest absolute Gasteiger partial charge is 0.255 e. The molecule has 0 radical (unpaired) electrons. The lowest BCUT2D eigenvalue weighted by Crippen LogP contribution is -2.67. The van der Waals surface area contributed by atoms with Gasteiger partial charge in [-0.3, -0.25) is 19.3 Å². The number of benzene rings is 1. The number of amides is 1. The molecule has 1 aromatic carbocycles. The second-order valence-electron chi connectivity index (χ2n) is 9.12. The SMILES string of the molecule is COC1(C)c2cccc(O)c2C(O)=C2C(=O)[C@]3(O)C(O)=C(C(N)=O)C(=O)[C@@H](N(C)C)[C@@H]3C[C@@H]21. The van der Waals surface area contributed by atoms with E-state index in [4.69, 9.17) is 10.5 Å². The van der Waals surface area contributed by atoms with Crippen molar-refractivity contribution < 1.29 is 39.5 Å². The van der Waals surface area contributed by atoms with Gasteiger partial charge in [-0.05, 0) is 39.1 Å². The third-order valence-electron chi connectivity index (χ3n) is 7.42. The van der Waals surface area contributed by atoms with Crippen LogP contribution in [0.3, 0.4) is 0 Å². The number of ether oxygens (including phenoxy) is 1. The predicted octanol–water partition coefficient (Wildman–Crippen LogP) is 0.283. The number of rotatable bonds is 3. The molecule has 6 N–H and O–H groups in total. The largest absolute Gasteiger partial charge is 0.508 e. The van der Waals surface area contributed by atoms with Crippen LogP contribution in [0.1, 0.15) is 24.5 Å². The zero-order valence-electron chi connectivity index (χ0n) is 18.6. The maximum absolute atomic E-state index is 13.8. The van der Waals surface area contributed by atoms with Crippen LogP contribution in [0.15, 0.2) is 35.1 Å². The quantitative estimate of drug-likeness (QED) is 0.399. The molecule has 0 aromatic heterocycles. The minimum Gasteiger partial charge on any atom is -0.508 e. The summed E-state index contributed by atoms with van der Waals surface area (Å²) in [4.78, 5) is 40.4. The van der Waals surface area contributed by atoms with Crippen molar-refractivity contribution in [2.24, 2.45) is 17.6 Å². The van der Waals surface area contributed by atoms with E-state index in [1.54, 1.807) is 33.2 Å². The molecule has 1 saturated carbocycles. The number of Topliss-reactive ketones (excluding diaryl/α,β-unsaturated/α-hetero) is 2. The molecule has 0 spiro atoms. The Kier molecular flexibility index (Phi) is 4.97. The van der Waals surface area contributed by atoms with E-state index in [1.807, 2.05) is 0 Å². The molecule has 4 rings (SSSR count). The molecule has 1 unspecified atom stereocenters. The van der Waals surface area contributed by atoms with Crippen molar-refractivity contribution >= 4 is 23.2 Å². The van der Waals surface area contributed by atoms with Crippen molar-refractivity contribution in [3.05, 3.63) is 46.2 Å². The normalized spacial score (nSPS) is 33.7. The Morgan fingerprint density at radius 1 is 1.21 bits per heavy atom. The lowest BCUT2D eigenvalue weighted by Gasteiger charge is -2.53. The standard InChI is InChI=1S/C23H26N2O8/c1-22(33-4)9-6-5-7-12(26)13(9)17(27)14-10(22)8-11-16(25(2)3)18(28)15(21(24)31)20(30)23(11,32)19(14)29/h5-7,10-11,16,26-27,30,32H,8H2,1-4H3,(H2,24,31)/t10-,11-,16-,22?,23-/m0/s1. The van der Waals surface area contributed by atoms with Crippen molar-refractivity contribution in [3.8, 4) is 5.75 Å². The van der Waals surface area contributed by atoms with Gasteiger partial charge in [-0.15, -0.1) is 0 Å². The molecule has 0 bridgehead atoms. The second-order valence-corrected chi connectivity index (χ2v) is 9.12. The molecule has 0 aliphatic heterocycles. The summed E-state index contributed by atoms with van der Waals surface area (Å²) in [7, 11) is 4.50. The van der Waals surface area contributed by atoms with Crippen LogP contribution in [-0.2, 0) is 24.7 Å². The number of nitrogens with zero attached hydrogens (tertiary/aromatic N) is 1. The maximum atomic E-state index is 13.8. The highest BCUT2D eigenvalue weighted by Crippen LogP contribution is 2.58. The number of nitrogens with two attached hydrogens (primary N) is 1. The van der Waals surface area contributed by atoms with E-state index < -0.39 is 63.6 Å². The summed E-state index contributed by atoms with van der Waals surface area (Å²) in [5, 5.41) is 44.0. The van der Waals surface area contributed by atoms with Crippen molar-refractivity contribution in [2.45, 2.75) is 30.6 Å². The molecule has 0 saturated heterocycles. The van der Waals surface area contributed by atoms with Crippen LogP contribution in [0.25, 0.3) is 5.76 Å². The fourth-order valence-electron chi connectivity index (χ4n) is 5.74. The molecule has 33 heavy (non-hydrogen) atoms. The van der Waals surface area contributed by atoms with Gasteiger partial charge < -0.3 is 30.9 Å². The van der Waals surface area contributed by atoms with Crippen molar-refractivity contribution in [2.75, 3.05) is 21.2 Å². The maximum Gasteiger partial charge on any atom is 0.255 e. The average Bonchev–Trinajstić information content (AvgIpc) is 2.73. The number of methoxy groups -OCH3 is 1. The molecule has 5 atom stereocenters. The summed E-state index contributed by atoms with van der Waals surface area (Å²) < 4.78 is 5.81. The number of hydrogen-bond acceptors (Lipinski definition) is 9. The van der Waals surface area contributed by atoms with E-state index in [0.29, 0.717) is 5.56 Å². The van der Waals surface area contributed by atoms with Crippen LogP contribution < -0.4 is 5.73 Å². The number of carbonyl (C=O) groups excluding carboxylic acids is 3. The lowest BCUT2D eigenvalue weighted by atomic mass is 9.54. The predicted molar refractivity (Wildman–Crippen MR) is 115 cm³/mol. The fourth-order valence-corrected chi connectivity index (χ4v) is 5.74. The van der Waals surface area contributed by atoms with Gasteiger partial charge in [0.2, 0.25) is 5.78 Å². The second kappa shape index (κ2) is 7.14. The van der Waals surface area contributed by atoms with Crippen LogP contribution in [-0.4, -0.2) is 75.6 Å². The Morgan fingerprint density at radius 2 is 1.85 bits per heavy atom. The monoisotopic (exact) mass is 458 g/mol. The molecule has 3 aliphatic carbocycles. The number of phenols is 1. The molecule has 176 valence electrons. The zero-order chi connectivity index (χ0) is 24.6. The number of likely N-dealkylation sites (N-methyl/N-ethyl adjacent to an activating group) is 1. The van der Waals surface area contributed by atoms with Crippen LogP contribution in [0.4, 0.5) is 0 Å². The summed E-state index contributed by atoms with van der Waals surface area (Å²) in [6.45, 7) is 1.68. The zero-order valence-corrected chi connectivity index (χ0v) is 18.6. The minimum atomic E-state index is -2.69. The minimum absolute atomic E-state index is 0.0295. The highest BCUT2D eigenvalue weighted by molar-refractivity contribution is 6.24. The van der Waals surface area contributed by atoms with E-state index in [0.717, 1.165) is 0 Å². The molecule has 1 amide bonds. The lowest BCUT2D eigenvalue weighted by molar-refractivity contribution is -0.160. The third-order valence-corrected chi connectivity index (χ3v) is 7.42. The van der Waals surface area contributed by atoms with Gasteiger partial charge in [0.05, 0.1) is 17.2 Å². The molecule has 10 heteroatoms. The first-order chi connectivity index (χ1) is 15.3. The Balaban J connectivity index is 2.07. The number of phenolic OH excluding ortho intramolecular Hbond substituents is 1. The van der Waals surface area contributed by atoms with Gasteiger partial charge in [0.1, 0.15) is 22.8 Å². The van der Waals surface area contributed by atoms with Gasteiger partial charge in [-0.1, -0.05) is 12.1 Å². The Labute approximate surface area is 189 Å². The summed E-state index contributed by atoms with van der Waals surface area (Å²) >= 11 is 0. The summed E-state index contributed by atoms with van der Waals surface area (Å²) in [6.07, 6.45) is -0.0637. The molecule has 3 aliphatic rings. The van der Waals surface area contributed by atoms with Gasteiger partial charge in [0.25, 0.3) is 5.91 Å². The highest BCUT2D eigenvalue weighted by atomic mass is 16.5. The molecule has 1 fully saturated rings. The molecule has 10 nitrogen and oxygen atoms in total. The highest BCUT2D eigenvalue weighted by Gasteiger charge is 2.66. The summed E-state index contributed by atoms with van der Waals surface area (Å²) in [5.74, 6) is -7.19. The van der Waals surface area contributed by atoms with E-state index in [2.05, 4.69) is 0 Å². The number of aliphatic hydroxyl groups is 3. The third kappa shape index (κ3) is 2.68. The van der Waals surface area contributed by atoms with Crippen LogP contribution in [0, 0.1) is 11.8 Å². The number of hydrogen-bond donors (Lipinski definition) is 5. The fraction of sp³-hybridized carbons (Fsp3) is 0.435. The summed E-state index contributed by atoms with van der Waals surface area (Å²) in [6, 6.07) is 3.40. The number of primary amides is 1. The van der Waals surface area contributed by atoms with Crippen molar-refractivity contribution in [1.29, 1.82) is 0 Å². The van der Waals surface area contributed by atoms with Gasteiger partial charge in [0, 0.05) is 24.5 Å². The van der Waals surface area contributed by atoms with E-state index >= 15 is 0 Å². The first-order valence-electron chi connectivity index (χ1n) is 10.4. The first kappa shape index (κ1) is 23.0. The Bertz CT molecular complexity index is 1170. The van der Waals surface area contributed by atoms with E-state index in [1.165, 1.54) is 18.1 Å². The number of aliphatic hydroxyl groups excluding tert-OH is 2. The van der Waals surface area contributed by atoms with Crippen molar-refractivity contribution in [1.82, 2.24) is 4.90 Å². The topological polar surface area (TPSA) is 171 Å². The van der Waals surface area contributed by atoms with Crippen LogP contribution in [0.5, 0.6) is 5.75 Å². The molecular weight excluding hydrogens is 432 g/mol. The van der Waals surface area contributed by atoms with E-state index in [-0.39, 0.29) is 23.3 Å². The first-order valence-corrected chi connectivity index (χ1v) is 10.4. The average molecular weight is 458 g/mol. The molecule has 1 aromatic rings. The van der Waals surface area contributed by atoms with Gasteiger partial charge >= 0.3 is 0 Å². The van der Waals surface area contributed by atoms with Gasteiger partial charge in [-0.25, -0.2) is 0 Å². The van der Waals surface area contributed by atoms with Gasteiger partial charge in [0.15, 0.2) is 11.4 Å². The van der Waals surface area contributed by atoms with Crippen LogP contribution >= 0.6 is 0 Å².